The molecule has 0 radical (unpaired) electrons. The number of nitrogens with one attached hydrogen (secondary N) is 1. The molecule has 2 aliphatic rings. The Morgan fingerprint density at radius 3 is 3.12 bits per heavy atom. The van der Waals surface area contributed by atoms with Crippen LogP contribution in [0.2, 0.25) is 0 Å². The van der Waals surface area contributed by atoms with E-state index in [2.05, 4.69) is 22.2 Å². The van der Waals surface area contributed by atoms with Gasteiger partial charge in [0.1, 0.15) is 6.33 Å². The minimum atomic E-state index is 0.676. The average Bonchev–Trinajstić information content (AvgIpc) is 2.38. The van der Waals surface area contributed by atoms with Crippen molar-refractivity contribution in [3.63, 3.8) is 0 Å². The van der Waals surface area contributed by atoms with Crippen molar-refractivity contribution in [1.82, 2.24) is 15.3 Å². The first-order chi connectivity index (χ1) is 8.34. The predicted molar refractivity (Wildman–Crippen MR) is 67.8 cm³/mol. The predicted octanol–water partition coefficient (Wildman–Crippen LogP) is 2.42. The van der Waals surface area contributed by atoms with Crippen LogP contribution in [0.1, 0.15) is 55.5 Å². The van der Waals surface area contributed by atoms with Crippen molar-refractivity contribution in [3.05, 3.63) is 23.3 Å². The Balaban J connectivity index is 1.91. The van der Waals surface area contributed by atoms with Gasteiger partial charge in [0.15, 0.2) is 0 Å². The van der Waals surface area contributed by atoms with Gasteiger partial charge in [-0.3, -0.25) is 0 Å². The van der Waals surface area contributed by atoms with Crippen molar-refractivity contribution in [2.45, 2.75) is 51.5 Å². The fraction of sp³-hybridized carbons (Fsp3) is 0.714. The summed E-state index contributed by atoms with van der Waals surface area (Å²) in [5.74, 6) is 1.53. The standard InChI is InChI=1S/C14H21N3/c1-10-3-2-4-11(7-10)14-12-8-15-6-5-13(12)16-9-17-14/h9-11,15H,2-8H2,1H3. The molecule has 92 valence electrons. The second-order valence-electron chi connectivity index (χ2n) is 5.58. The molecule has 2 atom stereocenters. The van der Waals surface area contributed by atoms with E-state index in [4.69, 9.17) is 0 Å². The molecule has 1 fully saturated rings. The van der Waals surface area contributed by atoms with Crippen LogP contribution in [0.15, 0.2) is 6.33 Å². The van der Waals surface area contributed by atoms with Gasteiger partial charge in [-0.15, -0.1) is 0 Å². The van der Waals surface area contributed by atoms with Gasteiger partial charge in [0, 0.05) is 36.7 Å². The second kappa shape index (κ2) is 4.73. The lowest BCUT2D eigenvalue weighted by molar-refractivity contribution is 0.337. The van der Waals surface area contributed by atoms with E-state index in [0.29, 0.717) is 5.92 Å². The third kappa shape index (κ3) is 2.21. The maximum absolute atomic E-state index is 4.60. The monoisotopic (exact) mass is 231 g/mol. The molecule has 3 rings (SSSR count). The lowest BCUT2D eigenvalue weighted by Gasteiger charge is -2.29. The fourth-order valence-electron chi connectivity index (χ4n) is 3.33. The Hall–Kier alpha value is -0.960. The van der Waals surface area contributed by atoms with Crippen LogP contribution in [0.25, 0.3) is 0 Å². The summed E-state index contributed by atoms with van der Waals surface area (Å²) in [6.45, 7) is 4.40. The summed E-state index contributed by atoms with van der Waals surface area (Å²) in [7, 11) is 0. The molecule has 1 N–H and O–H groups in total. The zero-order valence-electron chi connectivity index (χ0n) is 10.6. The van der Waals surface area contributed by atoms with E-state index >= 15 is 0 Å². The average molecular weight is 231 g/mol. The van der Waals surface area contributed by atoms with Crippen molar-refractivity contribution >= 4 is 0 Å². The van der Waals surface area contributed by atoms with Gasteiger partial charge < -0.3 is 5.32 Å². The molecule has 0 amide bonds. The summed E-state index contributed by atoms with van der Waals surface area (Å²) >= 11 is 0. The van der Waals surface area contributed by atoms with Gasteiger partial charge in [0.05, 0.1) is 5.69 Å². The Morgan fingerprint density at radius 2 is 2.24 bits per heavy atom. The first-order valence-corrected chi connectivity index (χ1v) is 6.88. The first kappa shape index (κ1) is 11.1. The van der Waals surface area contributed by atoms with Crippen LogP contribution in [0.3, 0.4) is 0 Å². The minimum Gasteiger partial charge on any atom is -0.312 e. The topological polar surface area (TPSA) is 37.8 Å². The number of rotatable bonds is 1. The van der Waals surface area contributed by atoms with Crippen molar-refractivity contribution in [1.29, 1.82) is 0 Å². The van der Waals surface area contributed by atoms with Gasteiger partial charge in [-0.2, -0.15) is 0 Å². The SMILES string of the molecule is CC1CCCC(c2ncnc3c2CNCC3)C1. The Labute approximate surface area is 103 Å². The van der Waals surface area contributed by atoms with Gasteiger partial charge in [-0.05, 0) is 18.8 Å². The summed E-state index contributed by atoms with van der Waals surface area (Å²) in [6.07, 6.45) is 8.21. The molecule has 0 saturated heterocycles. The van der Waals surface area contributed by atoms with Gasteiger partial charge in [0.25, 0.3) is 0 Å². The van der Waals surface area contributed by atoms with Gasteiger partial charge in [0.2, 0.25) is 0 Å². The maximum atomic E-state index is 4.60. The van der Waals surface area contributed by atoms with Gasteiger partial charge in [-0.25, -0.2) is 9.97 Å². The van der Waals surface area contributed by atoms with E-state index in [-0.39, 0.29) is 0 Å². The lowest BCUT2D eigenvalue weighted by atomic mass is 9.79. The molecule has 1 aliphatic carbocycles. The lowest BCUT2D eigenvalue weighted by Crippen LogP contribution is -2.27. The third-order valence-electron chi connectivity index (χ3n) is 4.23. The Kier molecular flexibility index (Phi) is 3.10. The van der Waals surface area contributed by atoms with Crippen molar-refractivity contribution in [2.75, 3.05) is 6.54 Å². The first-order valence-electron chi connectivity index (χ1n) is 6.88. The van der Waals surface area contributed by atoms with Crippen molar-refractivity contribution in [3.8, 4) is 0 Å². The van der Waals surface area contributed by atoms with E-state index in [1.54, 1.807) is 6.33 Å². The van der Waals surface area contributed by atoms with Crippen LogP contribution >= 0.6 is 0 Å². The smallest absolute Gasteiger partial charge is 0.115 e. The molecule has 2 unspecified atom stereocenters. The molecule has 1 saturated carbocycles. The summed E-state index contributed by atoms with van der Waals surface area (Å²) in [5.41, 5.74) is 4.03. The van der Waals surface area contributed by atoms with Crippen LogP contribution in [0, 0.1) is 5.92 Å². The van der Waals surface area contributed by atoms with Crippen LogP contribution in [0.4, 0.5) is 0 Å². The highest BCUT2D eigenvalue weighted by molar-refractivity contribution is 5.29. The van der Waals surface area contributed by atoms with E-state index in [9.17, 15) is 0 Å². The quantitative estimate of drug-likeness (QED) is 0.806. The number of fused-ring (bicyclic) bond motifs is 1. The van der Waals surface area contributed by atoms with Crippen LogP contribution in [-0.2, 0) is 13.0 Å². The molecular weight excluding hydrogens is 210 g/mol. The number of nitrogens with zero attached hydrogens (tertiary/aromatic N) is 2. The Bertz CT molecular complexity index is 402. The van der Waals surface area contributed by atoms with E-state index < -0.39 is 0 Å². The van der Waals surface area contributed by atoms with Gasteiger partial charge >= 0.3 is 0 Å². The molecule has 0 bridgehead atoms. The maximum Gasteiger partial charge on any atom is 0.115 e. The highest BCUT2D eigenvalue weighted by atomic mass is 14.9. The van der Waals surface area contributed by atoms with Crippen LogP contribution < -0.4 is 5.32 Å². The molecule has 2 heterocycles. The van der Waals surface area contributed by atoms with E-state index in [1.807, 2.05) is 0 Å². The molecule has 1 aromatic heterocycles. The number of hydrogen-bond acceptors (Lipinski definition) is 3. The Morgan fingerprint density at radius 1 is 1.29 bits per heavy atom. The van der Waals surface area contributed by atoms with Crippen molar-refractivity contribution in [2.24, 2.45) is 5.92 Å². The molecule has 1 aliphatic heterocycles. The number of aromatic nitrogens is 2. The minimum absolute atomic E-state index is 0.676. The number of hydrogen-bond donors (Lipinski definition) is 1. The van der Waals surface area contributed by atoms with E-state index in [1.165, 1.54) is 42.6 Å². The molecular formula is C14H21N3. The third-order valence-corrected chi connectivity index (χ3v) is 4.23. The molecule has 1 aromatic rings. The van der Waals surface area contributed by atoms with Crippen molar-refractivity contribution < 1.29 is 0 Å². The zero-order chi connectivity index (χ0) is 11.7. The van der Waals surface area contributed by atoms with Crippen LogP contribution in [0.5, 0.6) is 0 Å². The zero-order valence-corrected chi connectivity index (χ0v) is 10.6. The molecule has 3 nitrogen and oxygen atoms in total. The summed E-state index contributed by atoms with van der Waals surface area (Å²) in [5, 5.41) is 3.45. The summed E-state index contributed by atoms with van der Waals surface area (Å²) in [4.78, 5) is 9.04. The summed E-state index contributed by atoms with van der Waals surface area (Å²) < 4.78 is 0. The van der Waals surface area contributed by atoms with Crippen LogP contribution in [-0.4, -0.2) is 16.5 Å². The van der Waals surface area contributed by atoms with Gasteiger partial charge in [-0.1, -0.05) is 19.8 Å². The van der Waals surface area contributed by atoms with E-state index in [0.717, 1.165) is 25.4 Å². The highest BCUT2D eigenvalue weighted by Gasteiger charge is 2.25. The largest absolute Gasteiger partial charge is 0.312 e. The molecule has 17 heavy (non-hydrogen) atoms. The fourth-order valence-corrected chi connectivity index (χ4v) is 3.33. The normalized spacial score (nSPS) is 28.8. The molecule has 0 aromatic carbocycles. The summed E-state index contributed by atoms with van der Waals surface area (Å²) in [6, 6.07) is 0. The molecule has 3 heteroatoms. The second-order valence-corrected chi connectivity index (χ2v) is 5.58. The highest BCUT2D eigenvalue weighted by Crippen LogP contribution is 2.37. The molecule has 0 spiro atoms.